The maximum Gasteiger partial charge on any atom is 0.149 e. The van der Waals surface area contributed by atoms with E-state index < -0.39 is 0 Å². The Morgan fingerprint density at radius 1 is 1.22 bits per heavy atom. The maximum atomic E-state index is 6.04. The van der Waals surface area contributed by atoms with Crippen molar-refractivity contribution in [1.82, 2.24) is 4.98 Å². The molecule has 3 nitrogen and oxygen atoms in total. The number of nitrogens with two attached hydrogens (primary N) is 1. The molecule has 3 N–H and O–H groups in total. The second-order valence-corrected chi connectivity index (χ2v) is 4.41. The van der Waals surface area contributed by atoms with E-state index in [0.29, 0.717) is 0 Å². The van der Waals surface area contributed by atoms with E-state index in [4.69, 9.17) is 5.73 Å². The van der Waals surface area contributed by atoms with Crippen LogP contribution in [0.5, 0.6) is 0 Å². The van der Waals surface area contributed by atoms with Gasteiger partial charge in [-0.05, 0) is 30.5 Å². The molecule has 0 aliphatic heterocycles. The molecule has 1 atom stereocenters. The summed E-state index contributed by atoms with van der Waals surface area (Å²) in [5.41, 5.74) is 9.07. The summed E-state index contributed by atoms with van der Waals surface area (Å²) in [6.07, 6.45) is 2.77. The molecule has 1 heterocycles. The third kappa shape index (κ3) is 2.62. The maximum absolute atomic E-state index is 6.04. The summed E-state index contributed by atoms with van der Waals surface area (Å²) in [4.78, 5) is 4.32. The number of nitrogens with zero attached hydrogens (tertiary/aromatic N) is 1. The van der Waals surface area contributed by atoms with Crippen molar-refractivity contribution < 1.29 is 0 Å². The number of rotatable bonds is 4. The minimum Gasteiger partial charge on any atom is -0.396 e. The Morgan fingerprint density at radius 3 is 2.61 bits per heavy atom. The normalized spacial score (nSPS) is 12.1. The van der Waals surface area contributed by atoms with Crippen LogP contribution in [-0.4, -0.2) is 4.98 Å². The molecule has 1 unspecified atom stereocenters. The zero-order valence-electron chi connectivity index (χ0n) is 10.9. The van der Waals surface area contributed by atoms with Crippen LogP contribution in [0.2, 0.25) is 0 Å². The van der Waals surface area contributed by atoms with Gasteiger partial charge in [0.25, 0.3) is 0 Å². The molecule has 18 heavy (non-hydrogen) atoms. The van der Waals surface area contributed by atoms with E-state index in [1.165, 1.54) is 5.56 Å². The standard InChI is InChI=1S/C15H19N3/c1-3-13(12-7-5-4-6-8-12)18-15-14(16)11(2)9-10-17-15/h4-10,13H,3,16H2,1-2H3,(H,17,18). The van der Waals surface area contributed by atoms with Gasteiger partial charge in [-0.1, -0.05) is 37.3 Å². The van der Waals surface area contributed by atoms with Crippen molar-refractivity contribution in [3.63, 3.8) is 0 Å². The largest absolute Gasteiger partial charge is 0.396 e. The molecule has 0 saturated heterocycles. The molecule has 1 aromatic carbocycles. The van der Waals surface area contributed by atoms with Crippen LogP contribution in [0.15, 0.2) is 42.6 Å². The van der Waals surface area contributed by atoms with Crippen LogP contribution in [0, 0.1) is 6.92 Å². The van der Waals surface area contributed by atoms with E-state index >= 15 is 0 Å². The van der Waals surface area contributed by atoms with Gasteiger partial charge in [0.05, 0.1) is 11.7 Å². The fraction of sp³-hybridized carbons (Fsp3) is 0.267. The van der Waals surface area contributed by atoms with Crippen molar-refractivity contribution in [2.45, 2.75) is 26.3 Å². The van der Waals surface area contributed by atoms with E-state index in [2.05, 4.69) is 29.4 Å². The van der Waals surface area contributed by atoms with Crippen LogP contribution >= 0.6 is 0 Å². The molecule has 1 aromatic heterocycles. The lowest BCUT2D eigenvalue weighted by Crippen LogP contribution is -2.12. The lowest BCUT2D eigenvalue weighted by molar-refractivity contribution is 0.745. The van der Waals surface area contributed by atoms with Gasteiger partial charge in [-0.25, -0.2) is 4.98 Å². The quantitative estimate of drug-likeness (QED) is 0.860. The molecular weight excluding hydrogens is 222 g/mol. The first-order chi connectivity index (χ1) is 8.72. The highest BCUT2D eigenvalue weighted by molar-refractivity contribution is 5.65. The van der Waals surface area contributed by atoms with Crippen LogP contribution < -0.4 is 11.1 Å². The van der Waals surface area contributed by atoms with Gasteiger partial charge in [0.1, 0.15) is 5.82 Å². The number of pyridine rings is 1. The minimum atomic E-state index is 0.239. The summed E-state index contributed by atoms with van der Waals surface area (Å²) in [5, 5.41) is 3.42. The second kappa shape index (κ2) is 5.54. The number of aryl methyl sites for hydroxylation is 1. The Kier molecular flexibility index (Phi) is 3.82. The van der Waals surface area contributed by atoms with Crippen LogP contribution in [0.25, 0.3) is 0 Å². The van der Waals surface area contributed by atoms with Crippen molar-refractivity contribution in [1.29, 1.82) is 0 Å². The Bertz CT molecular complexity index is 508. The summed E-state index contributed by atoms with van der Waals surface area (Å²) < 4.78 is 0. The number of benzene rings is 1. The van der Waals surface area contributed by atoms with Crippen molar-refractivity contribution in [2.24, 2.45) is 0 Å². The van der Waals surface area contributed by atoms with E-state index in [9.17, 15) is 0 Å². The second-order valence-electron chi connectivity index (χ2n) is 4.41. The number of hydrogen-bond donors (Lipinski definition) is 2. The zero-order chi connectivity index (χ0) is 13.0. The summed E-state index contributed by atoms with van der Waals surface area (Å²) >= 11 is 0. The molecule has 0 aliphatic carbocycles. The number of nitrogen functional groups attached to an aromatic ring is 1. The predicted molar refractivity (Wildman–Crippen MR) is 76.5 cm³/mol. The number of anilines is 2. The Labute approximate surface area is 108 Å². The van der Waals surface area contributed by atoms with Crippen LogP contribution in [0.1, 0.15) is 30.5 Å². The summed E-state index contributed by atoms with van der Waals surface area (Å²) in [6.45, 7) is 4.14. The van der Waals surface area contributed by atoms with E-state index in [-0.39, 0.29) is 6.04 Å². The van der Waals surface area contributed by atoms with Crippen LogP contribution in [0.4, 0.5) is 11.5 Å². The Hall–Kier alpha value is -2.03. The van der Waals surface area contributed by atoms with Crippen molar-refractivity contribution in [3.05, 3.63) is 53.7 Å². The zero-order valence-corrected chi connectivity index (χ0v) is 10.9. The Morgan fingerprint density at radius 2 is 1.94 bits per heavy atom. The van der Waals surface area contributed by atoms with Gasteiger partial charge >= 0.3 is 0 Å². The minimum absolute atomic E-state index is 0.239. The third-order valence-corrected chi connectivity index (χ3v) is 3.13. The molecule has 0 spiro atoms. The van der Waals surface area contributed by atoms with E-state index in [0.717, 1.165) is 23.5 Å². The van der Waals surface area contributed by atoms with Gasteiger partial charge in [0.15, 0.2) is 0 Å². The molecule has 2 aromatic rings. The predicted octanol–water partition coefficient (Wildman–Crippen LogP) is 3.54. The van der Waals surface area contributed by atoms with Crippen LogP contribution in [-0.2, 0) is 0 Å². The lowest BCUT2D eigenvalue weighted by Gasteiger charge is -2.19. The average molecular weight is 241 g/mol. The van der Waals surface area contributed by atoms with Gasteiger partial charge in [0, 0.05) is 6.20 Å². The van der Waals surface area contributed by atoms with Crippen molar-refractivity contribution >= 4 is 11.5 Å². The van der Waals surface area contributed by atoms with Gasteiger partial charge in [0.2, 0.25) is 0 Å². The Balaban J connectivity index is 2.24. The molecule has 0 fully saturated rings. The highest BCUT2D eigenvalue weighted by Gasteiger charge is 2.11. The van der Waals surface area contributed by atoms with E-state index in [1.54, 1.807) is 6.20 Å². The average Bonchev–Trinajstić information content (AvgIpc) is 2.41. The van der Waals surface area contributed by atoms with Gasteiger partial charge in [-0.15, -0.1) is 0 Å². The summed E-state index contributed by atoms with van der Waals surface area (Å²) in [7, 11) is 0. The topological polar surface area (TPSA) is 50.9 Å². The molecule has 0 saturated carbocycles. The number of aromatic nitrogens is 1. The van der Waals surface area contributed by atoms with Gasteiger partial charge < -0.3 is 11.1 Å². The molecule has 94 valence electrons. The van der Waals surface area contributed by atoms with Crippen molar-refractivity contribution in [3.8, 4) is 0 Å². The molecular formula is C15H19N3. The molecule has 3 heteroatoms. The molecule has 0 radical (unpaired) electrons. The third-order valence-electron chi connectivity index (χ3n) is 3.13. The SMILES string of the molecule is CCC(Nc1nccc(C)c1N)c1ccccc1. The molecule has 2 rings (SSSR count). The fourth-order valence-corrected chi connectivity index (χ4v) is 1.96. The number of hydrogen-bond acceptors (Lipinski definition) is 3. The summed E-state index contributed by atoms with van der Waals surface area (Å²) in [6, 6.07) is 12.5. The smallest absolute Gasteiger partial charge is 0.149 e. The molecule has 0 bridgehead atoms. The first-order valence-corrected chi connectivity index (χ1v) is 6.25. The van der Waals surface area contributed by atoms with Gasteiger partial charge in [-0.3, -0.25) is 0 Å². The monoisotopic (exact) mass is 241 g/mol. The lowest BCUT2D eigenvalue weighted by atomic mass is 10.0. The molecule has 0 amide bonds. The first kappa shape index (κ1) is 12.4. The van der Waals surface area contributed by atoms with Crippen molar-refractivity contribution in [2.75, 3.05) is 11.1 Å². The number of nitrogens with one attached hydrogen (secondary N) is 1. The molecule has 0 aliphatic rings. The van der Waals surface area contributed by atoms with E-state index in [1.807, 2.05) is 31.2 Å². The van der Waals surface area contributed by atoms with Crippen LogP contribution in [0.3, 0.4) is 0 Å². The first-order valence-electron chi connectivity index (χ1n) is 6.25. The van der Waals surface area contributed by atoms with Gasteiger partial charge in [-0.2, -0.15) is 0 Å². The highest BCUT2D eigenvalue weighted by atomic mass is 15.0. The highest BCUT2D eigenvalue weighted by Crippen LogP contribution is 2.26. The summed E-state index contributed by atoms with van der Waals surface area (Å²) in [5.74, 6) is 0.769. The fourth-order valence-electron chi connectivity index (χ4n) is 1.96.